The average molecular weight is 195 g/mol. The van der Waals surface area contributed by atoms with Crippen molar-refractivity contribution in [1.29, 1.82) is 0 Å². The first-order valence-electron chi connectivity index (χ1n) is 4.95. The Hall–Kier alpha value is -1.26. The van der Waals surface area contributed by atoms with E-state index < -0.39 is 0 Å². The fourth-order valence-electron chi connectivity index (χ4n) is 1.87. The zero-order valence-corrected chi connectivity index (χ0v) is 8.70. The van der Waals surface area contributed by atoms with Gasteiger partial charge in [-0.05, 0) is 24.2 Å². The summed E-state index contributed by atoms with van der Waals surface area (Å²) in [6.07, 6.45) is 3.49. The number of hydrogen-bond donors (Lipinski definition) is 2. The van der Waals surface area contributed by atoms with E-state index in [9.17, 15) is 0 Å². The Morgan fingerprint density at radius 1 is 1.43 bits per heavy atom. The van der Waals surface area contributed by atoms with Crippen LogP contribution >= 0.6 is 0 Å². The molecule has 0 saturated heterocycles. The van der Waals surface area contributed by atoms with Gasteiger partial charge in [-0.1, -0.05) is 13.8 Å². The maximum atomic E-state index is 5.70. The largest absolute Gasteiger partial charge is 0.366 e. The second-order valence-corrected chi connectivity index (χ2v) is 4.78. The second kappa shape index (κ2) is 2.87. The Kier molecular flexibility index (Phi) is 1.90. The van der Waals surface area contributed by atoms with E-state index in [1.165, 1.54) is 17.5 Å². The normalized spacial score (nSPS) is 17.3. The summed E-state index contributed by atoms with van der Waals surface area (Å²) in [7, 11) is 0. The minimum absolute atomic E-state index is 0.261. The van der Waals surface area contributed by atoms with Gasteiger partial charge >= 0.3 is 0 Å². The van der Waals surface area contributed by atoms with Crippen molar-refractivity contribution in [3.05, 3.63) is 5.82 Å². The molecule has 5 heteroatoms. The van der Waals surface area contributed by atoms with Gasteiger partial charge in [-0.2, -0.15) is 0 Å². The molecule has 1 aromatic rings. The summed E-state index contributed by atoms with van der Waals surface area (Å²) in [5.41, 5.74) is 5.78. The van der Waals surface area contributed by atoms with Gasteiger partial charge in [-0.25, -0.2) is 4.68 Å². The molecule has 0 amide bonds. The van der Waals surface area contributed by atoms with E-state index in [1.807, 2.05) is 0 Å². The molecule has 0 aromatic carbocycles. The van der Waals surface area contributed by atoms with Crippen LogP contribution in [0.25, 0.3) is 0 Å². The van der Waals surface area contributed by atoms with E-state index in [0.717, 1.165) is 18.2 Å². The van der Waals surface area contributed by atoms with E-state index in [-0.39, 0.29) is 11.4 Å². The molecule has 0 atom stereocenters. The van der Waals surface area contributed by atoms with Crippen LogP contribution in [0.15, 0.2) is 0 Å². The van der Waals surface area contributed by atoms with Crippen LogP contribution in [-0.4, -0.2) is 14.9 Å². The maximum absolute atomic E-state index is 5.70. The molecule has 1 aliphatic rings. The molecule has 0 aliphatic heterocycles. The smallest absolute Gasteiger partial charge is 0.240 e. The molecule has 1 saturated carbocycles. The van der Waals surface area contributed by atoms with Crippen LogP contribution < -0.4 is 11.6 Å². The first-order chi connectivity index (χ1) is 6.50. The molecular weight excluding hydrogens is 178 g/mol. The summed E-state index contributed by atoms with van der Waals surface area (Å²) in [5.74, 6) is 7.56. The first-order valence-corrected chi connectivity index (χ1v) is 4.95. The summed E-state index contributed by atoms with van der Waals surface area (Å²) in [4.78, 5) is 0. The van der Waals surface area contributed by atoms with Gasteiger partial charge in [0, 0.05) is 6.42 Å². The topological polar surface area (TPSA) is 82.8 Å². The van der Waals surface area contributed by atoms with Crippen LogP contribution in [0.4, 0.5) is 5.95 Å². The summed E-state index contributed by atoms with van der Waals surface area (Å²) in [6, 6.07) is 0. The second-order valence-electron chi connectivity index (χ2n) is 4.78. The Bertz CT molecular complexity index is 337. The predicted octanol–water partition coefficient (Wildman–Crippen LogP) is 0.553. The highest BCUT2D eigenvalue weighted by Crippen LogP contribution is 2.46. The monoisotopic (exact) mass is 195 g/mol. The van der Waals surface area contributed by atoms with Crippen LogP contribution in [0.3, 0.4) is 0 Å². The summed E-state index contributed by atoms with van der Waals surface area (Å²) in [6.45, 7) is 4.49. The summed E-state index contributed by atoms with van der Waals surface area (Å²) in [5, 5.41) is 7.72. The van der Waals surface area contributed by atoms with E-state index >= 15 is 0 Å². The van der Waals surface area contributed by atoms with Crippen molar-refractivity contribution in [2.45, 2.75) is 33.1 Å². The summed E-state index contributed by atoms with van der Waals surface area (Å²) >= 11 is 0. The van der Waals surface area contributed by atoms with E-state index in [0.29, 0.717) is 0 Å². The molecule has 0 bridgehead atoms. The molecule has 1 aliphatic carbocycles. The third kappa shape index (κ3) is 1.54. The highest BCUT2D eigenvalue weighted by Gasteiger charge is 2.38. The third-order valence-corrected chi connectivity index (χ3v) is 3.09. The first kappa shape index (κ1) is 9.30. The molecule has 1 aromatic heterocycles. The van der Waals surface area contributed by atoms with Gasteiger partial charge in [-0.3, -0.25) is 0 Å². The number of anilines is 1. The van der Waals surface area contributed by atoms with Crippen LogP contribution in [0.1, 0.15) is 32.5 Å². The van der Waals surface area contributed by atoms with Crippen LogP contribution in [-0.2, 0) is 6.42 Å². The molecule has 78 valence electrons. The lowest BCUT2D eigenvalue weighted by molar-refractivity contribution is 0.298. The van der Waals surface area contributed by atoms with Crippen molar-refractivity contribution in [3.8, 4) is 0 Å². The lowest BCUT2D eigenvalue weighted by Gasteiger charge is -2.23. The molecule has 4 N–H and O–H groups in total. The average Bonchev–Trinajstić information content (AvgIpc) is 2.89. The van der Waals surface area contributed by atoms with E-state index in [2.05, 4.69) is 24.0 Å². The zero-order valence-electron chi connectivity index (χ0n) is 8.70. The van der Waals surface area contributed by atoms with Gasteiger partial charge in [0.05, 0.1) is 0 Å². The molecule has 0 unspecified atom stereocenters. The number of nitrogens with zero attached hydrogens (tertiary/aromatic N) is 3. The number of rotatable bonds is 3. The minimum atomic E-state index is 0.261. The SMILES string of the molecule is CC(C)(Cc1nnc(N)n1N)C1CC1. The zero-order chi connectivity index (χ0) is 10.3. The highest BCUT2D eigenvalue weighted by atomic mass is 15.4. The van der Waals surface area contributed by atoms with Crippen molar-refractivity contribution in [3.63, 3.8) is 0 Å². The number of nitrogen functional groups attached to an aromatic ring is 2. The number of hydrogen-bond acceptors (Lipinski definition) is 4. The van der Waals surface area contributed by atoms with Crippen molar-refractivity contribution >= 4 is 5.95 Å². The van der Waals surface area contributed by atoms with Gasteiger partial charge in [0.2, 0.25) is 5.95 Å². The highest BCUT2D eigenvalue weighted by molar-refractivity contribution is 5.17. The Morgan fingerprint density at radius 2 is 2.07 bits per heavy atom. The van der Waals surface area contributed by atoms with Crippen molar-refractivity contribution < 1.29 is 0 Å². The maximum Gasteiger partial charge on any atom is 0.240 e. The van der Waals surface area contributed by atoms with E-state index in [4.69, 9.17) is 11.6 Å². The molecular formula is C9H17N5. The molecule has 2 rings (SSSR count). The molecule has 1 fully saturated rings. The lowest BCUT2D eigenvalue weighted by Crippen LogP contribution is -2.23. The third-order valence-electron chi connectivity index (χ3n) is 3.09. The fraction of sp³-hybridized carbons (Fsp3) is 0.778. The Morgan fingerprint density at radius 3 is 2.50 bits per heavy atom. The number of nitrogens with two attached hydrogens (primary N) is 2. The summed E-state index contributed by atoms with van der Waals surface area (Å²) < 4.78 is 1.38. The Labute approximate surface area is 83.5 Å². The van der Waals surface area contributed by atoms with Crippen LogP contribution in [0.5, 0.6) is 0 Å². The molecule has 14 heavy (non-hydrogen) atoms. The predicted molar refractivity (Wildman–Crippen MR) is 54.8 cm³/mol. The van der Waals surface area contributed by atoms with Gasteiger partial charge in [0.15, 0.2) is 5.82 Å². The standard InChI is InChI=1S/C9H17N5/c1-9(2,6-3-4-6)5-7-12-13-8(10)14(7)11/h6H,3-5,11H2,1-2H3,(H2,10,13). The lowest BCUT2D eigenvalue weighted by atomic mass is 9.83. The van der Waals surface area contributed by atoms with Crippen LogP contribution in [0.2, 0.25) is 0 Å². The molecule has 0 radical (unpaired) electrons. The van der Waals surface area contributed by atoms with Crippen molar-refractivity contribution in [1.82, 2.24) is 14.9 Å². The quantitative estimate of drug-likeness (QED) is 0.690. The Balaban J connectivity index is 2.13. The molecule has 0 spiro atoms. The van der Waals surface area contributed by atoms with Crippen molar-refractivity contribution in [2.24, 2.45) is 11.3 Å². The minimum Gasteiger partial charge on any atom is -0.366 e. The van der Waals surface area contributed by atoms with Crippen molar-refractivity contribution in [2.75, 3.05) is 11.6 Å². The van der Waals surface area contributed by atoms with E-state index in [1.54, 1.807) is 0 Å². The van der Waals surface area contributed by atoms with Gasteiger partial charge in [0.25, 0.3) is 0 Å². The van der Waals surface area contributed by atoms with Gasteiger partial charge in [-0.15, -0.1) is 10.2 Å². The number of aromatic nitrogens is 3. The molecule has 5 nitrogen and oxygen atoms in total. The van der Waals surface area contributed by atoms with Gasteiger partial charge < -0.3 is 11.6 Å². The molecule has 1 heterocycles. The fourth-order valence-corrected chi connectivity index (χ4v) is 1.87. The van der Waals surface area contributed by atoms with Gasteiger partial charge in [0.1, 0.15) is 0 Å². The van der Waals surface area contributed by atoms with Crippen LogP contribution in [0, 0.1) is 11.3 Å².